The molecule has 0 saturated carbocycles. The Morgan fingerprint density at radius 3 is 2.37 bits per heavy atom. The SMILES string of the molecule is Cc1ccc(N)cc1C(=O)NCc1ccc(C(=O)N2CCCCC2)cc1.Cl. The van der Waals surface area contributed by atoms with Crippen LogP contribution in [-0.2, 0) is 6.54 Å². The van der Waals surface area contributed by atoms with Crippen molar-refractivity contribution < 1.29 is 9.59 Å². The van der Waals surface area contributed by atoms with Gasteiger partial charge in [0.1, 0.15) is 0 Å². The number of benzene rings is 2. The highest BCUT2D eigenvalue weighted by atomic mass is 35.5. The Morgan fingerprint density at radius 2 is 1.70 bits per heavy atom. The maximum absolute atomic E-state index is 12.5. The summed E-state index contributed by atoms with van der Waals surface area (Å²) in [6.45, 7) is 3.98. The molecule has 0 radical (unpaired) electrons. The quantitative estimate of drug-likeness (QED) is 0.787. The summed E-state index contributed by atoms with van der Waals surface area (Å²) >= 11 is 0. The number of amides is 2. The summed E-state index contributed by atoms with van der Waals surface area (Å²) in [5, 5.41) is 2.91. The minimum Gasteiger partial charge on any atom is -0.399 e. The Labute approximate surface area is 166 Å². The summed E-state index contributed by atoms with van der Waals surface area (Å²) in [5.74, 6) is -0.0565. The summed E-state index contributed by atoms with van der Waals surface area (Å²) < 4.78 is 0. The fourth-order valence-electron chi connectivity index (χ4n) is 3.21. The molecule has 0 atom stereocenters. The molecule has 2 amide bonds. The highest BCUT2D eigenvalue weighted by Gasteiger charge is 2.18. The fourth-order valence-corrected chi connectivity index (χ4v) is 3.21. The number of rotatable bonds is 4. The molecule has 1 aliphatic heterocycles. The summed E-state index contributed by atoms with van der Waals surface area (Å²) in [5.41, 5.74) is 9.46. The molecule has 27 heavy (non-hydrogen) atoms. The summed E-state index contributed by atoms with van der Waals surface area (Å²) in [6, 6.07) is 12.8. The van der Waals surface area contributed by atoms with E-state index in [0.717, 1.165) is 37.1 Å². The van der Waals surface area contributed by atoms with Crippen molar-refractivity contribution in [2.75, 3.05) is 18.8 Å². The van der Waals surface area contributed by atoms with Crippen molar-refractivity contribution in [3.63, 3.8) is 0 Å². The van der Waals surface area contributed by atoms with E-state index in [1.54, 1.807) is 12.1 Å². The van der Waals surface area contributed by atoms with Gasteiger partial charge in [-0.25, -0.2) is 0 Å². The summed E-state index contributed by atoms with van der Waals surface area (Å²) in [6.07, 6.45) is 3.37. The van der Waals surface area contributed by atoms with Gasteiger partial charge in [0.05, 0.1) is 0 Å². The van der Waals surface area contributed by atoms with Crippen molar-refractivity contribution >= 4 is 29.9 Å². The molecule has 2 aromatic carbocycles. The molecule has 0 aromatic heterocycles. The molecule has 1 fully saturated rings. The zero-order valence-electron chi connectivity index (χ0n) is 15.5. The highest BCUT2D eigenvalue weighted by molar-refractivity contribution is 5.96. The van der Waals surface area contributed by atoms with Crippen molar-refractivity contribution in [1.82, 2.24) is 10.2 Å². The number of carbonyl (C=O) groups is 2. The maximum Gasteiger partial charge on any atom is 0.253 e. The van der Waals surface area contributed by atoms with Crippen molar-refractivity contribution in [3.8, 4) is 0 Å². The standard InChI is InChI=1S/C21H25N3O2.ClH/c1-15-5-10-18(22)13-19(15)20(25)23-14-16-6-8-17(9-7-16)21(26)24-11-3-2-4-12-24;/h5-10,13H,2-4,11-12,14,22H2,1H3,(H,23,25);1H. The van der Waals surface area contributed by atoms with E-state index >= 15 is 0 Å². The van der Waals surface area contributed by atoms with Crippen molar-refractivity contribution in [2.24, 2.45) is 0 Å². The topological polar surface area (TPSA) is 75.4 Å². The fraction of sp³-hybridized carbons (Fsp3) is 0.333. The van der Waals surface area contributed by atoms with Gasteiger partial charge in [-0.15, -0.1) is 12.4 Å². The van der Waals surface area contributed by atoms with Crippen LogP contribution in [0.25, 0.3) is 0 Å². The summed E-state index contributed by atoms with van der Waals surface area (Å²) in [4.78, 5) is 26.7. The third-order valence-electron chi connectivity index (χ3n) is 4.80. The number of anilines is 1. The van der Waals surface area contributed by atoms with Crippen LogP contribution in [0.4, 0.5) is 5.69 Å². The number of piperidine rings is 1. The monoisotopic (exact) mass is 387 g/mol. The lowest BCUT2D eigenvalue weighted by Crippen LogP contribution is -2.35. The Kier molecular flexibility index (Phi) is 7.25. The molecule has 3 N–H and O–H groups in total. The first-order valence-corrected chi connectivity index (χ1v) is 9.07. The molecule has 2 aromatic rings. The molecule has 1 aliphatic rings. The smallest absolute Gasteiger partial charge is 0.253 e. The van der Waals surface area contributed by atoms with Gasteiger partial charge in [0.25, 0.3) is 11.8 Å². The van der Waals surface area contributed by atoms with Gasteiger partial charge in [0.15, 0.2) is 0 Å². The molecule has 0 aliphatic carbocycles. The molecule has 5 nitrogen and oxygen atoms in total. The molecule has 6 heteroatoms. The zero-order chi connectivity index (χ0) is 18.5. The first kappa shape index (κ1) is 20.8. The van der Waals surface area contributed by atoms with E-state index < -0.39 is 0 Å². The van der Waals surface area contributed by atoms with Gasteiger partial charge >= 0.3 is 0 Å². The molecule has 0 spiro atoms. The van der Waals surface area contributed by atoms with E-state index in [-0.39, 0.29) is 24.2 Å². The highest BCUT2D eigenvalue weighted by Crippen LogP contribution is 2.15. The lowest BCUT2D eigenvalue weighted by atomic mass is 10.1. The molecule has 3 rings (SSSR count). The number of hydrogen-bond acceptors (Lipinski definition) is 3. The van der Waals surface area contributed by atoms with Crippen LogP contribution in [0.2, 0.25) is 0 Å². The average molecular weight is 388 g/mol. The number of carbonyl (C=O) groups excluding carboxylic acids is 2. The number of aryl methyl sites for hydroxylation is 1. The lowest BCUT2D eigenvalue weighted by Gasteiger charge is -2.26. The van der Waals surface area contributed by atoms with E-state index in [9.17, 15) is 9.59 Å². The van der Waals surface area contributed by atoms with Crippen LogP contribution in [0.1, 0.15) is 51.1 Å². The first-order chi connectivity index (χ1) is 12.5. The number of nitrogens with two attached hydrogens (primary N) is 1. The van der Waals surface area contributed by atoms with E-state index in [1.807, 2.05) is 42.2 Å². The van der Waals surface area contributed by atoms with Crippen LogP contribution >= 0.6 is 12.4 Å². The van der Waals surface area contributed by atoms with Crippen LogP contribution in [0.15, 0.2) is 42.5 Å². The van der Waals surface area contributed by atoms with Crippen LogP contribution < -0.4 is 11.1 Å². The van der Waals surface area contributed by atoms with Gasteiger partial charge < -0.3 is 16.0 Å². The van der Waals surface area contributed by atoms with Gasteiger partial charge in [-0.2, -0.15) is 0 Å². The molecule has 1 saturated heterocycles. The van der Waals surface area contributed by atoms with E-state index in [4.69, 9.17) is 5.73 Å². The minimum absolute atomic E-state index is 0. The number of nitrogens with zero attached hydrogens (tertiary/aromatic N) is 1. The number of nitrogen functional groups attached to an aromatic ring is 1. The van der Waals surface area contributed by atoms with Crippen molar-refractivity contribution in [1.29, 1.82) is 0 Å². The van der Waals surface area contributed by atoms with Gasteiger partial charge in [-0.1, -0.05) is 18.2 Å². The van der Waals surface area contributed by atoms with Crippen molar-refractivity contribution in [3.05, 3.63) is 64.7 Å². The third kappa shape index (κ3) is 5.23. The predicted octanol–water partition coefficient (Wildman–Crippen LogP) is 3.56. The lowest BCUT2D eigenvalue weighted by molar-refractivity contribution is 0.0724. The average Bonchev–Trinajstić information content (AvgIpc) is 2.68. The van der Waals surface area contributed by atoms with Gasteiger partial charge in [0.2, 0.25) is 0 Å². The van der Waals surface area contributed by atoms with Crippen LogP contribution in [0.5, 0.6) is 0 Å². The Hall–Kier alpha value is -2.53. The number of nitrogens with one attached hydrogen (secondary N) is 1. The van der Waals surface area contributed by atoms with Gasteiger partial charge in [-0.05, 0) is 61.6 Å². The molecular formula is C21H26ClN3O2. The Morgan fingerprint density at radius 1 is 1.04 bits per heavy atom. The van der Waals surface area contributed by atoms with E-state index in [2.05, 4.69) is 5.32 Å². The van der Waals surface area contributed by atoms with Gasteiger partial charge in [-0.3, -0.25) is 9.59 Å². The largest absolute Gasteiger partial charge is 0.399 e. The zero-order valence-corrected chi connectivity index (χ0v) is 16.3. The number of halogens is 1. The Balaban J connectivity index is 0.00000261. The first-order valence-electron chi connectivity index (χ1n) is 9.07. The molecule has 1 heterocycles. The maximum atomic E-state index is 12.5. The second-order valence-corrected chi connectivity index (χ2v) is 6.81. The molecule has 144 valence electrons. The second kappa shape index (κ2) is 9.42. The van der Waals surface area contributed by atoms with E-state index in [1.165, 1.54) is 6.42 Å². The Bertz CT molecular complexity index is 800. The predicted molar refractivity (Wildman–Crippen MR) is 110 cm³/mol. The van der Waals surface area contributed by atoms with E-state index in [0.29, 0.717) is 23.4 Å². The second-order valence-electron chi connectivity index (χ2n) is 6.81. The van der Waals surface area contributed by atoms with Crippen LogP contribution in [0, 0.1) is 6.92 Å². The minimum atomic E-state index is -0.150. The summed E-state index contributed by atoms with van der Waals surface area (Å²) in [7, 11) is 0. The van der Waals surface area contributed by atoms with Crippen molar-refractivity contribution in [2.45, 2.75) is 32.7 Å². The molecule has 0 bridgehead atoms. The van der Waals surface area contributed by atoms with Crippen LogP contribution in [-0.4, -0.2) is 29.8 Å². The van der Waals surface area contributed by atoms with Crippen LogP contribution in [0.3, 0.4) is 0 Å². The number of hydrogen-bond donors (Lipinski definition) is 2. The van der Waals surface area contributed by atoms with Gasteiger partial charge in [0, 0.05) is 36.4 Å². The number of likely N-dealkylation sites (tertiary alicyclic amines) is 1. The molecule has 0 unspecified atom stereocenters. The molecular weight excluding hydrogens is 362 g/mol. The third-order valence-corrected chi connectivity index (χ3v) is 4.80. The normalized spacial score (nSPS) is 13.6.